The van der Waals surface area contributed by atoms with Crippen molar-refractivity contribution in [3.8, 4) is 34.0 Å². The highest BCUT2D eigenvalue weighted by atomic mass is 32.2. The molecule has 0 atom stereocenters. The summed E-state index contributed by atoms with van der Waals surface area (Å²) in [5, 5.41) is 0. The molecule has 39 heavy (non-hydrogen) atoms. The van der Waals surface area contributed by atoms with Gasteiger partial charge in [-0.2, -0.15) is 0 Å². The van der Waals surface area contributed by atoms with Crippen molar-refractivity contribution >= 4 is 28.8 Å². The average Bonchev–Trinajstić information content (AvgIpc) is 3.01. The molecule has 0 amide bonds. The maximum absolute atomic E-state index is 6.73. The first-order valence-electron chi connectivity index (χ1n) is 12.9. The minimum absolute atomic E-state index is 0.739. The molecule has 5 aromatic carbocycles. The van der Waals surface area contributed by atoms with Gasteiger partial charge < -0.3 is 9.64 Å². The molecule has 0 saturated carbocycles. The van der Waals surface area contributed by atoms with E-state index in [1.54, 1.807) is 11.8 Å². The van der Waals surface area contributed by atoms with E-state index in [-0.39, 0.29) is 0 Å². The van der Waals surface area contributed by atoms with Gasteiger partial charge in [-0.15, -0.1) is 0 Å². The number of aromatic nitrogens is 1. The molecule has 0 saturated heterocycles. The van der Waals surface area contributed by atoms with Gasteiger partial charge in [-0.1, -0.05) is 109 Å². The van der Waals surface area contributed by atoms with Gasteiger partial charge in [0.2, 0.25) is 0 Å². The molecular formula is C35H24N2OS. The van der Waals surface area contributed by atoms with Gasteiger partial charge in [-0.05, 0) is 36.4 Å². The Morgan fingerprint density at radius 1 is 0.487 bits per heavy atom. The normalized spacial score (nSPS) is 11.9. The Hall–Kier alpha value is -4.80. The first-order chi connectivity index (χ1) is 19.3. The number of rotatable bonds is 5. The van der Waals surface area contributed by atoms with Crippen LogP contribution in [0.1, 0.15) is 0 Å². The molecule has 1 aliphatic rings. The van der Waals surface area contributed by atoms with Crippen molar-refractivity contribution in [3.05, 3.63) is 146 Å². The first kappa shape index (κ1) is 23.3. The topological polar surface area (TPSA) is 25.4 Å². The van der Waals surface area contributed by atoms with Gasteiger partial charge in [0.25, 0.3) is 0 Å². The van der Waals surface area contributed by atoms with Crippen LogP contribution < -0.4 is 9.64 Å². The largest absolute Gasteiger partial charge is 0.455 e. The fraction of sp³-hybridized carbons (Fsp3) is 0. The molecule has 7 rings (SSSR count). The molecule has 186 valence electrons. The first-order valence-corrected chi connectivity index (χ1v) is 13.7. The lowest BCUT2D eigenvalue weighted by molar-refractivity contribution is 0.483. The second-order valence-electron chi connectivity index (χ2n) is 9.25. The number of nitrogens with zero attached hydrogens (tertiary/aromatic N) is 2. The van der Waals surface area contributed by atoms with Crippen molar-refractivity contribution in [1.29, 1.82) is 0 Å². The van der Waals surface area contributed by atoms with Gasteiger partial charge in [0.1, 0.15) is 5.75 Å². The lowest BCUT2D eigenvalue weighted by Gasteiger charge is -2.33. The Morgan fingerprint density at radius 2 is 0.949 bits per heavy atom. The number of ether oxygens (including phenoxy) is 1. The van der Waals surface area contributed by atoms with E-state index in [9.17, 15) is 0 Å². The summed E-state index contributed by atoms with van der Waals surface area (Å²) in [6.07, 6.45) is 0. The second-order valence-corrected chi connectivity index (χ2v) is 10.3. The van der Waals surface area contributed by atoms with Crippen molar-refractivity contribution in [2.45, 2.75) is 9.79 Å². The van der Waals surface area contributed by atoms with Crippen LogP contribution in [0.3, 0.4) is 0 Å². The van der Waals surface area contributed by atoms with Crippen LogP contribution in [-0.4, -0.2) is 4.98 Å². The highest BCUT2D eigenvalue weighted by molar-refractivity contribution is 7.99. The third kappa shape index (κ3) is 4.56. The van der Waals surface area contributed by atoms with Gasteiger partial charge in [0.15, 0.2) is 5.75 Å². The molecule has 1 aliphatic heterocycles. The fourth-order valence-electron chi connectivity index (χ4n) is 4.90. The van der Waals surface area contributed by atoms with Crippen molar-refractivity contribution in [2.24, 2.45) is 0 Å². The Morgan fingerprint density at radius 3 is 1.51 bits per heavy atom. The van der Waals surface area contributed by atoms with E-state index in [0.717, 1.165) is 51.1 Å². The number of para-hydroxylation sites is 4. The highest BCUT2D eigenvalue weighted by Crippen LogP contribution is 2.53. The summed E-state index contributed by atoms with van der Waals surface area (Å²) in [6.45, 7) is 0. The van der Waals surface area contributed by atoms with Crippen LogP contribution in [0.25, 0.3) is 22.5 Å². The van der Waals surface area contributed by atoms with Crippen LogP contribution in [0.4, 0.5) is 17.1 Å². The zero-order valence-electron chi connectivity index (χ0n) is 21.1. The van der Waals surface area contributed by atoms with Crippen molar-refractivity contribution < 1.29 is 4.74 Å². The zero-order valence-corrected chi connectivity index (χ0v) is 21.9. The average molecular weight is 521 g/mol. The maximum atomic E-state index is 6.73. The van der Waals surface area contributed by atoms with Gasteiger partial charge >= 0.3 is 0 Å². The van der Waals surface area contributed by atoms with Gasteiger partial charge in [-0.3, -0.25) is 0 Å². The van der Waals surface area contributed by atoms with Crippen molar-refractivity contribution in [2.75, 3.05) is 4.90 Å². The van der Waals surface area contributed by atoms with Crippen molar-refractivity contribution in [1.82, 2.24) is 4.98 Å². The molecule has 2 heterocycles. The number of fused-ring (bicyclic) bond motifs is 2. The van der Waals surface area contributed by atoms with Crippen LogP contribution in [0.2, 0.25) is 0 Å². The van der Waals surface area contributed by atoms with Gasteiger partial charge in [0, 0.05) is 33.1 Å². The summed E-state index contributed by atoms with van der Waals surface area (Å²) in [6, 6.07) is 49.8. The fourth-order valence-corrected chi connectivity index (χ4v) is 5.96. The van der Waals surface area contributed by atoms with Crippen LogP contribution >= 0.6 is 11.8 Å². The second kappa shape index (κ2) is 10.2. The molecular weight excluding hydrogens is 496 g/mol. The lowest BCUT2D eigenvalue weighted by Crippen LogP contribution is -2.15. The third-order valence-electron chi connectivity index (χ3n) is 6.70. The third-order valence-corrected chi connectivity index (χ3v) is 7.83. The lowest BCUT2D eigenvalue weighted by atomic mass is 10.1. The number of anilines is 3. The summed E-state index contributed by atoms with van der Waals surface area (Å²) in [7, 11) is 0. The van der Waals surface area contributed by atoms with E-state index in [0.29, 0.717) is 0 Å². The highest BCUT2D eigenvalue weighted by Gasteiger charge is 2.26. The Kier molecular flexibility index (Phi) is 6.08. The molecule has 0 N–H and O–H groups in total. The molecule has 0 spiro atoms. The Balaban J connectivity index is 1.36. The molecule has 0 bridgehead atoms. The molecule has 0 unspecified atom stereocenters. The Bertz CT molecular complexity index is 1670. The van der Waals surface area contributed by atoms with E-state index >= 15 is 0 Å². The van der Waals surface area contributed by atoms with E-state index in [1.807, 2.05) is 60.7 Å². The number of pyridine rings is 1. The molecule has 0 fully saturated rings. The van der Waals surface area contributed by atoms with E-state index < -0.39 is 0 Å². The van der Waals surface area contributed by atoms with Crippen LogP contribution in [0.5, 0.6) is 11.5 Å². The molecule has 6 aromatic rings. The number of hydrogen-bond donors (Lipinski definition) is 0. The number of hydrogen-bond acceptors (Lipinski definition) is 4. The van der Waals surface area contributed by atoms with E-state index in [4.69, 9.17) is 9.72 Å². The summed E-state index contributed by atoms with van der Waals surface area (Å²) < 4.78 is 6.73. The van der Waals surface area contributed by atoms with Crippen LogP contribution in [0, 0.1) is 0 Å². The standard InChI is InChI=1S/C35H24N2OS/c1-3-13-25(14-4-1)28-23-27(24-29(36-28)26-15-5-2-6-16-26)38-33-20-10-7-17-30(33)37-31-18-8-11-21-34(31)39-35-22-12-9-19-32(35)37/h1-24H. The van der Waals surface area contributed by atoms with Gasteiger partial charge in [0.05, 0.1) is 28.5 Å². The minimum Gasteiger partial charge on any atom is -0.455 e. The number of benzene rings is 5. The van der Waals surface area contributed by atoms with Gasteiger partial charge in [-0.25, -0.2) is 4.98 Å². The molecule has 1 aromatic heterocycles. The minimum atomic E-state index is 0.739. The summed E-state index contributed by atoms with van der Waals surface area (Å²) in [5.74, 6) is 1.52. The van der Waals surface area contributed by atoms with E-state index in [2.05, 4.69) is 89.8 Å². The predicted octanol–water partition coefficient (Wildman–Crippen LogP) is 10.1. The van der Waals surface area contributed by atoms with Crippen LogP contribution in [-0.2, 0) is 0 Å². The maximum Gasteiger partial charge on any atom is 0.151 e. The zero-order chi connectivity index (χ0) is 26.0. The van der Waals surface area contributed by atoms with Crippen molar-refractivity contribution in [3.63, 3.8) is 0 Å². The van der Waals surface area contributed by atoms with E-state index in [1.165, 1.54) is 9.79 Å². The molecule has 4 heteroatoms. The summed E-state index contributed by atoms with van der Waals surface area (Å²) in [4.78, 5) is 9.72. The molecule has 0 aliphatic carbocycles. The monoisotopic (exact) mass is 520 g/mol. The summed E-state index contributed by atoms with van der Waals surface area (Å²) >= 11 is 1.80. The molecule has 3 nitrogen and oxygen atoms in total. The summed E-state index contributed by atoms with van der Waals surface area (Å²) in [5.41, 5.74) is 7.10. The predicted molar refractivity (Wildman–Crippen MR) is 160 cm³/mol. The Labute approximate surface area is 232 Å². The SMILES string of the molecule is c1ccc(-c2cc(Oc3ccccc3N3c4ccccc4Sc4ccccc43)cc(-c3ccccc3)n2)cc1. The smallest absolute Gasteiger partial charge is 0.151 e. The molecule has 0 radical (unpaired) electrons. The quantitative estimate of drug-likeness (QED) is 0.225. The van der Waals surface area contributed by atoms with Crippen LogP contribution in [0.15, 0.2) is 155 Å².